The molecule has 0 aromatic heterocycles. The number of carbonyl (C=O) groups is 1. The van der Waals surface area contributed by atoms with Crippen LogP contribution in [-0.2, 0) is 16.1 Å². The number of rotatable bonds is 7. The minimum absolute atomic E-state index is 0.288. The first-order valence-corrected chi connectivity index (χ1v) is 9.48. The Bertz CT molecular complexity index is 931. The molecule has 0 radical (unpaired) electrons. The van der Waals surface area contributed by atoms with Crippen LogP contribution >= 0.6 is 0 Å². The fourth-order valence-corrected chi connectivity index (χ4v) is 2.69. The lowest BCUT2D eigenvalue weighted by Gasteiger charge is -2.16. The first kappa shape index (κ1) is 24.9. The van der Waals surface area contributed by atoms with Gasteiger partial charge in [-0.25, -0.2) is 0 Å². The molecule has 6 heteroatoms. The summed E-state index contributed by atoms with van der Waals surface area (Å²) in [5, 5.41) is 12.8. The molecule has 1 amide bonds. The van der Waals surface area contributed by atoms with Crippen molar-refractivity contribution in [1.82, 2.24) is 0 Å². The van der Waals surface area contributed by atoms with E-state index in [1.807, 2.05) is 12.1 Å². The first-order valence-electron chi connectivity index (χ1n) is 9.48. The minimum Gasteiger partial charge on any atom is -0.402 e. The van der Waals surface area contributed by atoms with Crippen molar-refractivity contribution in [3.8, 4) is 11.8 Å². The van der Waals surface area contributed by atoms with Crippen LogP contribution in [0.3, 0.4) is 0 Å². The molecule has 1 aromatic rings. The highest BCUT2D eigenvalue weighted by Crippen LogP contribution is 2.22. The monoisotopic (exact) mass is 409 g/mol. The van der Waals surface area contributed by atoms with Gasteiger partial charge in [-0.3, -0.25) is 9.79 Å². The Balaban J connectivity index is 3.50. The smallest absolute Gasteiger partial charge is 0.257 e. The van der Waals surface area contributed by atoms with Gasteiger partial charge in [0.1, 0.15) is 5.60 Å². The molecule has 4 N–H and O–H groups in total. The summed E-state index contributed by atoms with van der Waals surface area (Å²) < 4.78 is 5.11. The van der Waals surface area contributed by atoms with Gasteiger partial charge >= 0.3 is 0 Å². The quantitative estimate of drug-likeness (QED) is 0.277. The average Bonchev–Trinajstić information content (AvgIpc) is 2.65. The first-order chi connectivity index (χ1) is 14.0. The maximum absolute atomic E-state index is 13.2. The number of nitrogens with two attached hydrogens (primary N) is 1. The van der Waals surface area contributed by atoms with E-state index in [1.54, 1.807) is 53.9 Å². The number of anilines is 1. The molecule has 0 aliphatic heterocycles. The predicted octanol–water partition coefficient (Wildman–Crippen LogP) is 3.70. The second kappa shape index (κ2) is 11.1. The Labute approximate surface area is 179 Å². The summed E-state index contributed by atoms with van der Waals surface area (Å²) in [5.74, 6) is 5.24. The fourth-order valence-electron chi connectivity index (χ4n) is 2.69. The summed E-state index contributed by atoms with van der Waals surface area (Å²) in [6, 6.07) is 7.34. The number of methoxy groups -OCH3 is 1. The molecule has 0 heterocycles. The van der Waals surface area contributed by atoms with Crippen LogP contribution < -0.4 is 11.1 Å². The summed E-state index contributed by atoms with van der Waals surface area (Å²) >= 11 is 0. The molecule has 0 spiro atoms. The number of amides is 1. The maximum Gasteiger partial charge on any atom is 0.257 e. The van der Waals surface area contributed by atoms with Gasteiger partial charge in [0.05, 0.1) is 12.2 Å². The Kier molecular flexibility index (Phi) is 9.25. The highest BCUT2D eigenvalue weighted by molar-refractivity contribution is 6.18. The number of ether oxygens (including phenoxy) is 1. The number of aliphatic hydroxyl groups is 1. The normalized spacial score (nSPS) is 13.5. The van der Waals surface area contributed by atoms with E-state index < -0.39 is 5.60 Å². The van der Waals surface area contributed by atoms with Gasteiger partial charge < -0.3 is 20.9 Å². The number of nitrogens with one attached hydrogen (secondary N) is 1. The van der Waals surface area contributed by atoms with Crippen LogP contribution in [0.2, 0.25) is 0 Å². The van der Waals surface area contributed by atoms with Gasteiger partial charge in [-0.2, -0.15) is 0 Å². The van der Waals surface area contributed by atoms with E-state index >= 15 is 0 Å². The number of aliphatic imine (C=N–C) groups is 1. The second-order valence-corrected chi connectivity index (χ2v) is 7.35. The zero-order valence-corrected chi connectivity index (χ0v) is 18.6. The molecular formula is C24H31N3O3. The van der Waals surface area contributed by atoms with E-state index in [2.05, 4.69) is 28.7 Å². The zero-order valence-electron chi connectivity index (χ0n) is 18.6. The van der Waals surface area contributed by atoms with Crippen LogP contribution in [0.4, 0.5) is 5.69 Å². The topological polar surface area (TPSA) is 96.9 Å². The Morgan fingerprint density at radius 2 is 1.87 bits per heavy atom. The van der Waals surface area contributed by atoms with Crippen molar-refractivity contribution in [2.75, 3.05) is 12.4 Å². The standard InChI is InChI=1S/C24H31N3O3/c1-8-26-18(4)22(17(3)25)21(16(2)13-14-24(5,6)29)23(28)27-20-11-9-19(10-12-20)15-30-7/h8-12,29H,1,15,25H2,2-7H3,(H,27,28)/b21-16-,22-17-,26-18?. The number of allylic oxidation sites excluding steroid dienone is 2. The molecule has 1 aromatic carbocycles. The molecule has 0 atom stereocenters. The summed E-state index contributed by atoms with van der Waals surface area (Å²) in [7, 11) is 1.63. The summed E-state index contributed by atoms with van der Waals surface area (Å²) in [4.78, 5) is 17.4. The molecule has 6 nitrogen and oxygen atoms in total. The van der Waals surface area contributed by atoms with Gasteiger partial charge in [0.2, 0.25) is 0 Å². The van der Waals surface area contributed by atoms with Crippen molar-refractivity contribution in [1.29, 1.82) is 0 Å². The number of carbonyl (C=O) groups excluding carboxylic acids is 1. The molecule has 0 aliphatic rings. The van der Waals surface area contributed by atoms with E-state index in [0.29, 0.717) is 34.8 Å². The number of benzene rings is 1. The van der Waals surface area contributed by atoms with E-state index in [9.17, 15) is 9.90 Å². The van der Waals surface area contributed by atoms with Crippen LogP contribution in [0, 0.1) is 11.8 Å². The molecule has 0 fully saturated rings. The van der Waals surface area contributed by atoms with Crippen LogP contribution in [0.15, 0.2) is 64.5 Å². The van der Waals surface area contributed by atoms with Crippen molar-refractivity contribution in [3.05, 3.63) is 65.0 Å². The number of hydrogen-bond acceptors (Lipinski definition) is 5. The van der Waals surface area contributed by atoms with Crippen molar-refractivity contribution in [3.63, 3.8) is 0 Å². The maximum atomic E-state index is 13.2. The SMILES string of the molecule is C=CN=C(C)C(/C(C(=O)Nc1ccc(COC)cc1)=C(\C)C#CC(C)(C)O)=C(\C)N. The summed E-state index contributed by atoms with van der Waals surface area (Å²) in [6.07, 6.45) is 1.39. The van der Waals surface area contributed by atoms with Crippen molar-refractivity contribution < 1.29 is 14.6 Å². The lowest BCUT2D eigenvalue weighted by Crippen LogP contribution is -2.22. The second-order valence-electron chi connectivity index (χ2n) is 7.35. The van der Waals surface area contributed by atoms with E-state index in [4.69, 9.17) is 10.5 Å². The third kappa shape index (κ3) is 7.70. The fraction of sp³-hybridized carbons (Fsp3) is 0.333. The van der Waals surface area contributed by atoms with Crippen molar-refractivity contribution in [2.45, 2.75) is 46.8 Å². The van der Waals surface area contributed by atoms with E-state index in [1.165, 1.54) is 6.20 Å². The predicted molar refractivity (Wildman–Crippen MR) is 123 cm³/mol. The molecular weight excluding hydrogens is 378 g/mol. The van der Waals surface area contributed by atoms with Gasteiger partial charge in [0.25, 0.3) is 5.91 Å². The highest BCUT2D eigenvalue weighted by atomic mass is 16.5. The van der Waals surface area contributed by atoms with E-state index in [0.717, 1.165) is 5.56 Å². The van der Waals surface area contributed by atoms with Crippen LogP contribution in [0.5, 0.6) is 0 Å². The highest BCUT2D eigenvalue weighted by Gasteiger charge is 2.22. The van der Waals surface area contributed by atoms with Crippen LogP contribution in [0.1, 0.15) is 40.2 Å². The number of hydrogen-bond donors (Lipinski definition) is 3. The largest absolute Gasteiger partial charge is 0.402 e. The minimum atomic E-state index is -1.20. The number of nitrogens with zero attached hydrogens (tertiary/aromatic N) is 1. The molecule has 30 heavy (non-hydrogen) atoms. The van der Waals surface area contributed by atoms with Gasteiger partial charge in [-0.05, 0) is 52.3 Å². The van der Waals surface area contributed by atoms with Crippen LogP contribution in [0.25, 0.3) is 0 Å². The van der Waals surface area contributed by atoms with Gasteiger partial charge in [-0.1, -0.05) is 30.6 Å². The summed E-state index contributed by atoms with van der Waals surface area (Å²) in [5.41, 5.74) is 8.70. The third-order valence-corrected chi connectivity index (χ3v) is 3.97. The molecule has 0 unspecified atom stereocenters. The van der Waals surface area contributed by atoms with Gasteiger partial charge in [0.15, 0.2) is 0 Å². The summed E-state index contributed by atoms with van der Waals surface area (Å²) in [6.45, 7) is 12.4. The Morgan fingerprint density at radius 1 is 1.27 bits per heavy atom. The van der Waals surface area contributed by atoms with Gasteiger partial charge in [-0.15, -0.1) is 0 Å². The van der Waals surface area contributed by atoms with Crippen LogP contribution in [-0.4, -0.2) is 29.4 Å². The lowest BCUT2D eigenvalue weighted by atomic mass is 9.94. The van der Waals surface area contributed by atoms with Crippen molar-refractivity contribution in [2.24, 2.45) is 10.7 Å². The molecule has 0 bridgehead atoms. The van der Waals surface area contributed by atoms with E-state index in [-0.39, 0.29) is 11.5 Å². The molecule has 0 saturated carbocycles. The Hall–Kier alpha value is -3.14. The average molecular weight is 410 g/mol. The van der Waals surface area contributed by atoms with Gasteiger partial charge in [0, 0.05) is 41.6 Å². The Morgan fingerprint density at radius 3 is 2.33 bits per heavy atom. The van der Waals surface area contributed by atoms with Crippen molar-refractivity contribution >= 4 is 17.3 Å². The zero-order chi connectivity index (χ0) is 22.9. The third-order valence-electron chi connectivity index (χ3n) is 3.97. The molecule has 0 saturated heterocycles. The molecule has 160 valence electrons. The lowest BCUT2D eigenvalue weighted by molar-refractivity contribution is -0.112. The molecule has 1 rings (SSSR count). The molecule has 0 aliphatic carbocycles.